The molecule has 134 valence electrons. The van der Waals surface area contributed by atoms with Crippen molar-refractivity contribution in [3.05, 3.63) is 62.9 Å². The highest BCUT2D eigenvalue weighted by Gasteiger charge is 2.31. The van der Waals surface area contributed by atoms with E-state index in [1.807, 2.05) is 0 Å². The number of anilines is 1. The van der Waals surface area contributed by atoms with Crippen LogP contribution in [0.5, 0.6) is 0 Å². The molecule has 0 aliphatic rings. The lowest BCUT2D eigenvalue weighted by atomic mass is 10.2. The van der Waals surface area contributed by atoms with E-state index < -0.39 is 26.8 Å². The maximum Gasteiger partial charge on any atom is 0.269 e. The van der Waals surface area contributed by atoms with Crippen molar-refractivity contribution in [2.75, 3.05) is 10.8 Å². The number of halogens is 2. The van der Waals surface area contributed by atoms with Crippen molar-refractivity contribution in [2.24, 2.45) is 5.73 Å². The molecule has 0 amide bonds. The minimum Gasteiger partial charge on any atom is -0.328 e. The Labute approximate surface area is 152 Å². The van der Waals surface area contributed by atoms with Crippen molar-refractivity contribution in [2.45, 2.75) is 17.9 Å². The predicted molar refractivity (Wildman–Crippen MR) is 95.4 cm³/mol. The van der Waals surface area contributed by atoms with E-state index >= 15 is 0 Å². The number of rotatable bonds is 6. The Morgan fingerprint density at radius 2 is 1.88 bits per heavy atom. The topological polar surface area (TPSA) is 107 Å². The van der Waals surface area contributed by atoms with E-state index in [0.717, 1.165) is 34.6 Å². The Kier molecular flexibility index (Phi) is 5.76. The van der Waals surface area contributed by atoms with Crippen molar-refractivity contribution in [1.29, 1.82) is 0 Å². The monoisotopic (exact) mass is 431 g/mol. The summed E-state index contributed by atoms with van der Waals surface area (Å²) in [7, 11) is -4.18. The van der Waals surface area contributed by atoms with E-state index in [4.69, 9.17) is 5.73 Å². The zero-order valence-corrected chi connectivity index (χ0v) is 15.5. The number of nitro groups is 1. The average Bonchev–Trinajstić information content (AvgIpc) is 2.57. The van der Waals surface area contributed by atoms with Gasteiger partial charge in [-0.3, -0.25) is 14.4 Å². The van der Waals surface area contributed by atoms with E-state index in [-0.39, 0.29) is 22.8 Å². The number of sulfonamides is 1. The molecule has 0 saturated heterocycles. The number of non-ortho nitro benzene ring substituents is 1. The van der Waals surface area contributed by atoms with Crippen LogP contribution in [0.25, 0.3) is 0 Å². The van der Waals surface area contributed by atoms with Crippen LogP contribution < -0.4 is 10.0 Å². The number of hydrogen-bond donors (Lipinski definition) is 1. The first-order valence-electron chi connectivity index (χ1n) is 7.12. The molecule has 0 bridgehead atoms. The van der Waals surface area contributed by atoms with Gasteiger partial charge in [-0.05, 0) is 37.3 Å². The summed E-state index contributed by atoms with van der Waals surface area (Å²) in [5.74, 6) is -0.728. The Morgan fingerprint density at radius 1 is 1.28 bits per heavy atom. The van der Waals surface area contributed by atoms with Gasteiger partial charge in [-0.1, -0.05) is 15.9 Å². The van der Waals surface area contributed by atoms with Crippen LogP contribution in [0.3, 0.4) is 0 Å². The fourth-order valence-corrected chi connectivity index (χ4v) is 4.22. The second kappa shape index (κ2) is 7.46. The number of nitrogens with zero attached hydrogens (tertiary/aromatic N) is 2. The molecule has 2 aromatic carbocycles. The van der Waals surface area contributed by atoms with Gasteiger partial charge in [-0.25, -0.2) is 12.8 Å². The zero-order chi connectivity index (χ0) is 18.8. The van der Waals surface area contributed by atoms with E-state index in [2.05, 4.69) is 15.9 Å². The van der Waals surface area contributed by atoms with E-state index in [9.17, 15) is 22.9 Å². The largest absolute Gasteiger partial charge is 0.328 e. The third-order valence-corrected chi connectivity index (χ3v) is 5.93. The Morgan fingerprint density at radius 3 is 2.40 bits per heavy atom. The molecule has 0 aliphatic carbocycles. The molecule has 0 spiro atoms. The lowest BCUT2D eigenvalue weighted by Crippen LogP contribution is -2.43. The number of nitrogens with two attached hydrogens (primary N) is 1. The van der Waals surface area contributed by atoms with Crippen LogP contribution in [0.1, 0.15) is 6.92 Å². The lowest BCUT2D eigenvalue weighted by molar-refractivity contribution is -0.384. The van der Waals surface area contributed by atoms with Gasteiger partial charge in [0.1, 0.15) is 5.82 Å². The smallest absolute Gasteiger partial charge is 0.269 e. The van der Waals surface area contributed by atoms with Gasteiger partial charge in [-0.2, -0.15) is 0 Å². The van der Waals surface area contributed by atoms with Crippen LogP contribution in [0.4, 0.5) is 15.8 Å². The zero-order valence-electron chi connectivity index (χ0n) is 13.1. The quantitative estimate of drug-likeness (QED) is 0.558. The normalized spacial score (nSPS) is 12.6. The van der Waals surface area contributed by atoms with Crippen molar-refractivity contribution < 1.29 is 17.7 Å². The van der Waals surface area contributed by atoms with Crippen LogP contribution in [-0.2, 0) is 10.0 Å². The van der Waals surface area contributed by atoms with Crippen LogP contribution >= 0.6 is 15.9 Å². The first kappa shape index (κ1) is 19.3. The maximum absolute atomic E-state index is 14.3. The van der Waals surface area contributed by atoms with E-state index in [1.54, 1.807) is 6.92 Å². The summed E-state index contributed by atoms with van der Waals surface area (Å²) in [5, 5.41) is 10.7. The molecule has 0 radical (unpaired) electrons. The molecule has 10 heteroatoms. The lowest BCUT2D eigenvalue weighted by Gasteiger charge is -2.30. The summed E-state index contributed by atoms with van der Waals surface area (Å²) in [6.45, 7) is 1.50. The molecule has 25 heavy (non-hydrogen) atoms. The summed E-state index contributed by atoms with van der Waals surface area (Å²) in [4.78, 5) is 9.90. The molecule has 0 fully saturated rings. The number of hydrogen-bond acceptors (Lipinski definition) is 5. The van der Waals surface area contributed by atoms with Gasteiger partial charge >= 0.3 is 0 Å². The van der Waals surface area contributed by atoms with Crippen LogP contribution in [0.2, 0.25) is 0 Å². The van der Waals surface area contributed by atoms with Gasteiger partial charge in [0.05, 0.1) is 21.5 Å². The van der Waals surface area contributed by atoms with Crippen molar-refractivity contribution >= 4 is 37.3 Å². The fourth-order valence-electron chi connectivity index (χ4n) is 2.21. The molecule has 0 aromatic heterocycles. The molecule has 0 aliphatic heterocycles. The van der Waals surface area contributed by atoms with Crippen molar-refractivity contribution in [1.82, 2.24) is 0 Å². The molecule has 7 nitrogen and oxygen atoms in total. The molecular formula is C15H15BrFN3O4S. The van der Waals surface area contributed by atoms with Gasteiger partial charge in [0.2, 0.25) is 0 Å². The summed E-state index contributed by atoms with van der Waals surface area (Å²) < 4.78 is 41.6. The highest BCUT2D eigenvalue weighted by molar-refractivity contribution is 9.10. The predicted octanol–water partition coefficient (Wildman–Crippen LogP) is 3.04. The fraction of sp³-hybridized carbons (Fsp3) is 0.200. The highest BCUT2D eigenvalue weighted by atomic mass is 79.9. The second-order valence-electron chi connectivity index (χ2n) is 5.23. The van der Waals surface area contributed by atoms with Gasteiger partial charge in [0.25, 0.3) is 15.7 Å². The molecule has 2 rings (SSSR count). The summed E-state index contributed by atoms with van der Waals surface area (Å²) in [6.07, 6.45) is 0. The molecule has 2 aromatic rings. The third kappa shape index (κ3) is 3.97. The minimum absolute atomic E-state index is 0.0435. The van der Waals surface area contributed by atoms with Crippen LogP contribution in [-0.4, -0.2) is 25.9 Å². The van der Waals surface area contributed by atoms with E-state index in [0.29, 0.717) is 4.47 Å². The average molecular weight is 432 g/mol. The van der Waals surface area contributed by atoms with Gasteiger partial charge in [0.15, 0.2) is 0 Å². The summed E-state index contributed by atoms with van der Waals surface area (Å²) >= 11 is 3.19. The standard InChI is InChI=1S/C15H15BrFN3O4S/c1-10(9-18)19(15-8-11(16)2-7-14(15)17)25(23,24)13-5-3-12(4-6-13)20(21)22/h2-8,10H,9,18H2,1H3. The first-order chi connectivity index (χ1) is 11.7. The summed E-state index contributed by atoms with van der Waals surface area (Å²) in [5.41, 5.74) is 5.20. The third-order valence-electron chi connectivity index (χ3n) is 3.49. The van der Waals surface area contributed by atoms with Crippen molar-refractivity contribution in [3.63, 3.8) is 0 Å². The number of benzene rings is 2. The van der Waals surface area contributed by atoms with Gasteiger partial charge in [-0.15, -0.1) is 0 Å². The van der Waals surface area contributed by atoms with Crippen molar-refractivity contribution in [3.8, 4) is 0 Å². The number of nitro benzene ring substituents is 1. The molecular weight excluding hydrogens is 417 g/mol. The SMILES string of the molecule is CC(CN)N(c1cc(Br)ccc1F)S(=O)(=O)c1ccc([N+](=O)[O-])cc1. The summed E-state index contributed by atoms with van der Waals surface area (Å²) in [6, 6.07) is 7.57. The maximum atomic E-state index is 14.3. The second-order valence-corrected chi connectivity index (χ2v) is 7.96. The van der Waals surface area contributed by atoms with Crippen LogP contribution in [0, 0.1) is 15.9 Å². The van der Waals surface area contributed by atoms with E-state index in [1.165, 1.54) is 12.1 Å². The molecule has 0 saturated carbocycles. The Hall–Kier alpha value is -2.04. The highest BCUT2D eigenvalue weighted by Crippen LogP contribution is 2.31. The Balaban J connectivity index is 2.60. The molecule has 1 unspecified atom stereocenters. The minimum atomic E-state index is -4.18. The van der Waals surface area contributed by atoms with Gasteiger partial charge < -0.3 is 5.73 Å². The molecule has 0 heterocycles. The van der Waals surface area contributed by atoms with Crippen LogP contribution in [0.15, 0.2) is 51.8 Å². The molecule has 2 N–H and O–H groups in total. The van der Waals surface area contributed by atoms with Gasteiger partial charge in [0, 0.05) is 23.2 Å². The molecule has 1 atom stereocenters. The first-order valence-corrected chi connectivity index (χ1v) is 9.35. The Bertz CT molecular complexity index is 890.